The highest BCUT2D eigenvalue weighted by Crippen LogP contribution is 2.65. The van der Waals surface area contributed by atoms with E-state index in [0.29, 0.717) is 25.0 Å². The predicted molar refractivity (Wildman–Crippen MR) is 173 cm³/mol. The molecule has 11 nitrogen and oxygen atoms in total. The van der Waals surface area contributed by atoms with Crippen molar-refractivity contribution < 1.29 is 27.6 Å². The molecule has 3 aliphatic rings. The molecule has 1 aliphatic carbocycles. The van der Waals surface area contributed by atoms with Crippen molar-refractivity contribution in [1.29, 1.82) is 0 Å². The molecule has 45 heavy (non-hydrogen) atoms. The van der Waals surface area contributed by atoms with E-state index in [-0.39, 0.29) is 40.4 Å². The maximum atomic E-state index is 14.3. The molecule has 5 rings (SSSR count). The average Bonchev–Trinajstić information content (AvgIpc) is 3.44. The van der Waals surface area contributed by atoms with Gasteiger partial charge in [0.05, 0.1) is 21.0 Å². The van der Waals surface area contributed by atoms with Crippen LogP contribution in [-0.4, -0.2) is 77.8 Å². The van der Waals surface area contributed by atoms with Gasteiger partial charge in [0.2, 0.25) is 33.5 Å². The van der Waals surface area contributed by atoms with Crippen molar-refractivity contribution in [2.45, 2.75) is 91.1 Å². The molecule has 3 amide bonds. The number of hydrogen-bond acceptors (Lipinski definition) is 8. The van der Waals surface area contributed by atoms with Gasteiger partial charge in [0.25, 0.3) is 0 Å². The van der Waals surface area contributed by atoms with Crippen LogP contribution in [0.15, 0.2) is 24.3 Å². The van der Waals surface area contributed by atoms with Gasteiger partial charge in [-0.15, -0.1) is 11.3 Å². The molecule has 3 fully saturated rings. The first kappa shape index (κ1) is 33.5. The Morgan fingerprint density at radius 2 is 1.80 bits per heavy atom. The zero-order valence-electron chi connectivity index (χ0n) is 27.3. The zero-order chi connectivity index (χ0) is 33.3. The third kappa shape index (κ3) is 6.27. The Hall–Kier alpha value is -2.90. The Kier molecular flexibility index (Phi) is 8.49. The van der Waals surface area contributed by atoms with Gasteiger partial charge in [-0.3, -0.25) is 19.2 Å². The summed E-state index contributed by atoms with van der Waals surface area (Å²) in [6.45, 7) is 15.0. The van der Waals surface area contributed by atoms with Gasteiger partial charge in [-0.1, -0.05) is 46.8 Å². The third-order valence-electron chi connectivity index (χ3n) is 9.77. The summed E-state index contributed by atoms with van der Waals surface area (Å²) >= 11 is 1.24. The number of fused-ring (bicyclic) bond motifs is 2. The fraction of sp³-hybridized carbons (Fsp3) is 0.656. The average molecular weight is 660 g/mol. The van der Waals surface area contributed by atoms with E-state index < -0.39 is 56.0 Å². The van der Waals surface area contributed by atoms with Crippen LogP contribution in [0.3, 0.4) is 0 Å². The fourth-order valence-electron chi connectivity index (χ4n) is 6.68. The number of piperidine rings is 1. The standard InChI is InChI=1S/C32H45N5O6S2/c1-30(2,3)25(36-45(42,43)31(4,5)6)29(41)37-16-18-22(32(18,7)8)23(37)27(40)34-20(15-17-13-14-33-26(17)39)24(38)28-35-19-11-9-10-12-21(19)44-28/h9-12,17-18,20,22-23,25,36H,13-16H2,1-8H3,(H,33,39)(H,34,40)/t17-,18?,20-,22?,23?,25+/m0/s1. The summed E-state index contributed by atoms with van der Waals surface area (Å²) in [6.07, 6.45) is 0.658. The monoisotopic (exact) mass is 659 g/mol. The second kappa shape index (κ2) is 11.4. The minimum Gasteiger partial charge on any atom is -0.356 e. The van der Waals surface area contributed by atoms with Crippen molar-refractivity contribution >= 4 is 55.1 Å². The van der Waals surface area contributed by atoms with Crippen molar-refractivity contribution in [3.63, 3.8) is 0 Å². The quantitative estimate of drug-likeness (QED) is 0.350. The molecular formula is C32H45N5O6S2. The van der Waals surface area contributed by atoms with Crippen molar-refractivity contribution in [1.82, 2.24) is 25.2 Å². The Labute approximate surface area is 269 Å². The van der Waals surface area contributed by atoms with Gasteiger partial charge in [0.15, 0.2) is 5.01 Å². The number of likely N-dealkylation sites (tertiary alicyclic amines) is 1. The minimum absolute atomic E-state index is 0.0519. The number of hydrogen-bond donors (Lipinski definition) is 3. The predicted octanol–water partition coefficient (Wildman–Crippen LogP) is 3.11. The van der Waals surface area contributed by atoms with Gasteiger partial charge >= 0.3 is 0 Å². The van der Waals surface area contributed by atoms with Crippen molar-refractivity contribution in [2.24, 2.45) is 28.6 Å². The van der Waals surface area contributed by atoms with Crippen molar-refractivity contribution in [2.75, 3.05) is 13.1 Å². The van der Waals surface area contributed by atoms with E-state index in [1.807, 2.05) is 24.3 Å². The summed E-state index contributed by atoms with van der Waals surface area (Å²) < 4.78 is 28.7. The van der Waals surface area contributed by atoms with E-state index in [2.05, 4.69) is 34.2 Å². The molecule has 2 aromatic rings. The van der Waals surface area contributed by atoms with Gasteiger partial charge in [0.1, 0.15) is 12.1 Å². The molecule has 1 aromatic carbocycles. The first-order chi connectivity index (χ1) is 20.7. The maximum Gasteiger partial charge on any atom is 0.243 e. The molecule has 6 atom stereocenters. The lowest BCUT2D eigenvalue weighted by Gasteiger charge is -2.38. The molecule has 0 bridgehead atoms. The number of rotatable bonds is 9. The van der Waals surface area contributed by atoms with Crippen LogP contribution in [0.4, 0.5) is 0 Å². The molecule has 13 heteroatoms. The zero-order valence-corrected chi connectivity index (χ0v) is 28.9. The summed E-state index contributed by atoms with van der Waals surface area (Å²) in [5.74, 6) is -2.04. The largest absolute Gasteiger partial charge is 0.356 e. The van der Waals surface area contributed by atoms with Gasteiger partial charge < -0.3 is 15.5 Å². The number of amides is 3. The van der Waals surface area contributed by atoms with E-state index in [4.69, 9.17) is 0 Å². The summed E-state index contributed by atoms with van der Waals surface area (Å²) in [5, 5.41) is 5.99. The lowest BCUT2D eigenvalue weighted by Crippen LogP contribution is -2.61. The first-order valence-electron chi connectivity index (χ1n) is 15.5. The lowest BCUT2D eigenvalue weighted by atomic mass is 9.86. The van der Waals surface area contributed by atoms with E-state index >= 15 is 0 Å². The Morgan fingerprint density at radius 3 is 2.38 bits per heavy atom. The van der Waals surface area contributed by atoms with Crippen LogP contribution in [0.5, 0.6) is 0 Å². The summed E-state index contributed by atoms with van der Waals surface area (Å²) in [7, 11) is -3.89. The first-order valence-corrected chi connectivity index (χ1v) is 17.8. The summed E-state index contributed by atoms with van der Waals surface area (Å²) in [4.78, 5) is 61.0. The van der Waals surface area contributed by atoms with Crippen molar-refractivity contribution in [3.8, 4) is 0 Å². The van der Waals surface area contributed by atoms with E-state index in [1.165, 1.54) is 16.2 Å². The Bertz CT molecular complexity index is 1600. The number of nitrogens with one attached hydrogen (secondary N) is 3. The minimum atomic E-state index is -3.89. The number of carbonyl (C=O) groups is 4. The molecule has 3 heterocycles. The second-order valence-electron chi connectivity index (χ2n) is 15.3. The topological polar surface area (TPSA) is 155 Å². The molecule has 0 spiro atoms. The van der Waals surface area contributed by atoms with E-state index in [1.54, 1.807) is 41.5 Å². The van der Waals surface area contributed by atoms with Gasteiger partial charge in [0, 0.05) is 19.0 Å². The molecular weight excluding hydrogens is 615 g/mol. The fourth-order valence-corrected chi connectivity index (χ4v) is 8.76. The number of carbonyl (C=O) groups excluding carboxylic acids is 4. The molecule has 0 radical (unpaired) electrons. The van der Waals surface area contributed by atoms with Gasteiger partial charge in [-0.25, -0.2) is 18.1 Å². The van der Waals surface area contributed by atoms with Crippen LogP contribution in [0.2, 0.25) is 0 Å². The normalized spacial score (nSPS) is 25.9. The number of ketones is 1. The van der Waals surface area contributed by atoms with Crippen LogP contribution in [0.1, 0.15) is 78.0 Å². The SMILES string of the molecule is CC1(C)C2CN(C(=O)[C@@H](NS(=O)(=O)C(C)(C)C)C(C)(C)C)C(C(=O)N[C@@H](C[C@@H]3CCNC3=O)C(=O)c3nc4ccccc4s3)C21. The molecule has 3 N–H and O–H groups in total. The molecule has 246 valence electrons. The van der Waals surface area contributed by atoms with Crippen molar-refractivity contribution in [3.05, 3.63) is 29.3 Å². The smallest absolute Gasteiger partial charge is 0.243 e. The number of thiazole rings is 1. The summed E-state index contributed by atoms with van der Waals surface area (Å²) in [6, 6.07) is 4.36. The maximum absolute atomic E-state index is 14.3. The molecule has 2 saturated heterocycles. The number of para-hydroxylation sites is 1. The lowest BCUT2D eigenvalue weighted by molar-refractivity contribution is -0.143. The Morgan fingerprint density at radius 1 is 1.13 bits per heavy atom. The number of aromatic nitrogens is 1. The van der Waals surface area contributed by atoms with Gasteiger partial charge in [-0.05, 0) is 68.4 Å². The highest BCUT2D eigenvalue weighted by Gasteiger charge is 2.70. The Balaban J connectivity index is 1.45. The van der Waals surface area contributed by atoms with Crippen LogP contribution in [0, 0.1) is 28.6 Å². The van der Waals surface area contributed by atoms with Crippen LogP contribution in [-0.2, 0) is 24.4 Å². The van der Waals surface area contributed by atoms with E-state index in [9.17, 15) is 27.6 Å². The number of sulfonamides is 1. The molecule has 3 unspecified atom stereocenters. The number of benzene rings is 1. The highest BCUT2D eigenvalue weighted by atomic mass is 32.2. The number of nitrogens with zero attached hydrogens (tertiary/aromatic N) is 2. The second-order valence-corrected chi connectivity index (χ2v) is 18.8. The number of Topliss-reactive ketones (excluding diaryl/α,β-unsaturated/α-hetero) is 1. The van der Waals surface area contributed by atoms with E-state index in [0.717, 1.165) is 4.70 Å². The third-order valence-corrected chi connectivity index (χ3v) is 13.0. The highest BCUT2D eigenvalue weighted by molar-refractivity contribution is 7.90. The molecule has 2 aliphatic heterocycles. The van der Waals surface area contributed by atoms with Gasteiger partial charge in [-0.2, -0.15) is 0 Å². The molecule has 1 saturated carbocycles. The van der Waals surface area contributed by atoms with Crippen LogP contribution < -0.4 is 15.4 Å². The van der Waals surface area contributed by atoms with Crippen LogP contribution in [0.25, 0.3) is 10.2 Å². The van der Waals surface area contributed by atoms with Crippen LogP contribution >= 0.6 is 11.3 Å². The summed E-state index contributed by atoms with van der Waals surface area (Å²) in [5.41, 5.74) is -0.325. The molecule has 1 aromatic heterocycles.